The van der Waals surface area contributed by atoms with Crippen molar-refractivity contribution in [2.24, 2.45) is 7.05 Å². The fraction of sp³-hybridized carbons (Fsp3) is 0.333. The van der Waals surface area contributed by atoms with Crippen LogP contribution in [-0.2, 0) is 7.05 Å². The number of hydrogen-bond donors (Lipinski definition) is 0. The van der Waals surface area contributed by atoms with Gasteiger partial charge in [0.05, 0.1) is 12.4 Å². The Morgan fingerprint density at radius 1 is 1.07 bits per heavy atom. The standard InChI is InChI=1S/C21H23FN6O2/c1-12(2)27-11-14(9-23-27)16-7-6-15(8-18(16)22)30-21-25-19-17(20(29)26(21)5)10-24-28(19)13(3)4/h6-13H,1-5H3. The predicted molar refractivity (Wildman–Crippen MR) is 111 cm³/mol. The van der Waals surface area contributed by atoms with E-state index in [2.05, 4.69) is 15.2 Å². The number of hydrogen-bond acceptors (Lipinski definition) is 5. The third-order valence-electron chi connectivity index (χ3n) is 4.87. The molecule has 0 radical (unpaired) electrons. The van der Waals surface area contributed by atoms with Crippen molar-refractivity contribution >= 4 is 11.0 Å². The Morgan fingerprint density at radius 2 is 1.83 bits per heavy atom. The minimum absolute atomic E-state index is 0.0263. The number of benzene rings is 1. The van der Waals surface area contributed by atoms with Crippen molar-refractivity contribution in [1.82, 2.24) is 29.1 Å². The predicted octanol–water partition coefficient (Wildman–Crippen LogP) is 4.09. The largest absolute Gasteiger partial charge is 0.425 e. The lowest BCUT2D eigenvalue weighted by Gasteiger charge is -2.11. The van der Waals surface area contributed by atoms with Crippen molar-refractivity contribution in [3.63, 3.8) is 0 Å². The third kappa shape index (κ3) is 3.36. The highest BCUT2D eigenvalue weighted by Gasteiger charge is 2.17. The van der Waals surface area contributed by atoms with Crippen LogP contribution in [0.1, 0.15) is 39.8 Å². The van der Waals surface area contributed by atoms with Crippen molar-refractivity contribution < 1.29 is 9.13 Å². The van der Waals surface area contributed by atoms with Gasteiger partial charge in [-0.2, -0.15) is 15.2 Å². The maximum atomic E-state index is 14.8. The van der Waals surface area contributed by atoms with Crippen molar-refractivity contribution in [2.45, 2.75) is 39.8 Å². The molecule has 0 aliphatic carbocycles. The van der Waals surface area contributed by atoms with Crippen LogP contribution in [0.25, 0.3) is 22.2 Å². The minimum atomic E-state index is -0.450. The van der Waals surface area contributed by atoms with Gasteiger partial charge in [-0.05, 0) is 39.8 Å². The first-order valence-electron chi connectivity index (χ1n) is 9.72. The van der Waals surface area contributed by atoms with E-state index in [1.54, 1.807) is 40.9 Å². The molecule has 0 bridgehead atoms. The van der Waals surface area contributed by atoms with Crippen molar-refractivity contribution in [2.75, 3.05) is 0 Å². The molecule has 0 amide bonds. The summed E-state index contributed by atoms with van der Waals surface area (Å²) < 4.78 is 25.3. The fourth-order valence-electron chi connectivity index (χ4n) is 3.18. The number of halogens is 1. The number of fused-ring (bicyclic) bond motifs is 1. The molecule has 0 fully saturated rings. The zero-order valence-electron chi connectivity index (χ0n) is 17.5. The van der Waals surface area contributed by atoms with Crippen LogP contribution in [0.5, 0.6) is 11.8 Å². The van der Waals surface area contributed by atoms with Gasteiger partial charge < -0.3 is 4.74 Å². The van der Waals surface area contributed by atoms with E-state index in [1.165, 1.54) is 16.8 Å². The summed E-state index contributed by atoms with van der Waals surface area (Å²) in [7, 11) is 1.56. The van der Waals surface area contributed by atoms with Crippen LogP contribution in [0.2, 0.25) is 0 Å². The van der Waals surface area contributed by atoms with E-state index in [1.807, 2.05) is 27.7 Å². The minimum Gasteiger partial charge on any atom is -0.425 e. The first-order chi connectivity index (χ1) is 14.3. The molecule has 0 saturated heterocycles. The molecular weight excluding hydrogens is 387 g/mol. The molecule has 0 aliphatic rings. The molecular formula is C21H23FN6O2. The molecule has 4 aromatic rings. The molecule has 3 heterocycles. The molecule has 1 aromatic carbocycles. The summed E-state index contributed by atoms with van der Waals surface area (Å²) in [5, 5.41) is 8.89. The molecule has 9 heteroatoms. The Labute approximate surface area is 172 Å². The topological polar surface area (TPSA) is 79.8 Å². The molecule has 156 valence electrons. The Hall–Kier alpha value is -3.49. The average molecular weight is 410 g/mol. The maximum absolute atomic E-state index is 14.8. The third-order valence-corrected chi connectivity index (χ3v) is 4.87. The zero-order valence-corrected chi connectivity index (χ0v) is 17.5. The molecule has 3 aromatic heterocycles. The summed E-state index contributed by atoms with van der Waals surface area (Å²) in [6.45, 7) is 7.90. The van der Waals surface area contributed by atoms with Gasteiger partial charge in [0.15, 0.2) is 5.65 Å². The lowest BCUT2D eigenvalue weighted by atomic mass is 10.1. The van der Waals surface area contributed by atoms with E-state index in [0.717, 1.165) is 0 Å². The van der Waals surface area contributed by atoms with Gasteiger partial charge >= 0.3 is 6.01 Å². The molecule has 30 heavy (non-hydrogen) atoms. The van der Waals surface area contributed by atoms with Crippen LogP contribution in [-0.4, -0.2) is 29.1 Å². The van der Waals surface area contributed by atoms with Crippen LogP contribution in [0.4, 0.5) is 4.39 Å². The second-order valence-electron chi connectivity index (χ2n) is 7.73. The van der Waals surface area contributed by atoms with Gasteiger partial charge in [0.2, 0.25) is 0 Å². The molecule has 8 nitrogen and oxygen atoms in total. The van der Waals surface area contributed by atoms with Gasteiger partial charge in [0, 0.05) is 42.5 Å². The smallest absolute Gasteiger partial charge is 0.306 e. The highest BCUT2D eigenvalue weighted by atomic mass is 19.1. The summed E-state index contributed by atoms with van der Waals surface area (Å²) in [6.07, 6.45) is 4.93. The first-order valence-corrected chi connectivity index (χ1v) is 9.72. The number of nitrogens with zero attached hydrogens (tertiary/aromatic N) is 6. The fourth-order valence-corrected chi connectivity index (χ4v) is 3.18. The van der Waals surface area contributed by atoms with Gasteiger partial charge in [-0.1, -0.05) is 0 Å². The molecule has 0 spiro atoms. The second-order valence-corrected chi connectivity index (χ2v) is 7.73. The first kappa shape index (κ1) is 19.8. The summed E-state index contributed by atoms with van der Waals surface area (Å²) in [4.78, 5) is 17.1. The molecule has 0 N–H and O–H groups in total. The lowest BCUT2D eigenvalue weighted by molar-refractivity contribution is 0.411. The average Bonchev–Trinajstić information content (AvgIpc) is 3.33. The Kier molecular flexibility index (Phi) is 4.89. The van der Waals surface area contributed by atoms with Gasteiger partial charge in [-0.3, -0.25) is 14.0 Å². The van der Waals surface area contributed by atoms with Crippen LogP contribution in [0, 0.1) is 5.82 Å². The zero-order chi connectivity index (χ0) is 21.6. The highest BCUT2D eigenvalue weighted by molar-refractivity contribution is 5.73. The van der Waals surface area contributed by atoms with E-state index in [4.69, 9.17) is 4.74 Å². The summed E-state index contributed by atoms with van der Waals surface area (Å²) in [5.74, 6) is -0.209. The van der Waals surface area contributed by atoms with Crippen molar-refractivity contribution in [3.05, 3.63) is 53.0 Å². The van der Waals surface area contributed by atoms with Crippen LogP contribution in [0.15, 0.2) is 41.6 Å². The Morgan fingerprint density at radius 3 is 2.47 bits per heavy atom. The molecule has 0 atom stereocenters. The molecule has 0 unspecified atom stereocenters. The highest BCUT2D eigenvalue weighted by Crippen LogP contribution is 2.29. The lowest BCUT2D eigenvalue weighted by Crippen LogP contribution is -2.20. The molecule has 0 aliphatic heterocycles. The molecule has 4 rings (SSSR count). The number of rotatable bonds is 5. The number of aromatic nitrogens is 6. The summed E-state index contributed by atoms with van der Waals surface area (Å²) in [6, 6.07) is 4.82. The Balaban J connectivity index is 1.70. The van der Waals surface area contributed by atoms with E-state index in [-0.39, 0.29) is 29.4 Å². The van der Waals surface area contributed by atoms with E-state index in [9.17, 15) is 9.18 Å². The van der Waals surface area contributed by atoms with Crippen LogP contribution < -0.4 is 10.3 Å². The van der Waals surface area contributed by atoms with Crippen LogP contribution in [0.3, 0.4) is 0 Å². The monoisotopic (exact) mass is 410 g/mol. The van der Waals surface area contributed by atoms with E-state index < -0.39 is 5.82 Å². The SMILES string of the molecule is CC(C)n1cc(-c2ccc(Oc3nc4c(cnn4C(C)C)c(=O)n3C)cc2F)cn1. The van der Waals surface area contributed by atoms with Gasteiger partial charge in [0.25, 0.3) is 5.56 Å². The summed E-state index contributed by atoms with van der Waals surface area (Å²) in [5.41, 5.74) is 1.26. The van der Waals surface area contributed by atoms with Crippen molar-refractivity contribution in [3.8, 4) is 22.9 Å². The maximum Gasteiger partial charge on any atom is 0.306 e. The van der Waals surface area contributed by atoms with Crippen molar-refractivity contribution in [1.29, 1.82) is 0 Å². The summed E-state index contributed by atoms with van der Waals surface area (Å²) >= 11 is 0. The van der Waals surface area contributed by atoms with Gasteiger partial charge in [0.1, 0.15) is 17.0 Å². The normalized spacial score (nSPS) is 11.7. The van der Waals surface area contributed by atoms with Gasteiger partial charge in [-0.15, -0.1) is 0 Å². The number of ether oxygens (including phenoxy) is 1. The Bertz CT molecular complexity index is 1280. The van der Waals surface area contributed by atoms with E-state index >= 15 is 0 Å². The second kappa shape index (κ2) is 7.40. The molecule has 0 saturated carbocycles. The van der Waals surface area contributed by atoms with E-state index in [0.29, 0.717) is 22.2 Å². The van der Waals surface area contributed by atoms with Crippen LogP contribution >= 0.6 is 0 Å². The van der Waals surface area contributed by atoms with Gasteiger partial charge in [-0.25, -0.2) is 9.07 Å². The quantitative estimate of drug-likeness (QED) is 0.495.